The predicted molar refractivity (Wildman–Crippen MR) is 52.6 cm³/mol. The summed E-state index contributed by atoms with van der Waals surface area (Å²) in [7, 11) is 0. The highest BCUT2D eigenvalue weighted by Crippen LogP contribution is 2.22. The van der Waals surface area contributed by atoms with E-state index in [4.69, 9.17) is 0 Å². The zero-order valence-electron chi connectivity index (χ0n) is 8.65. The highest BCUT2D eigenvalue weighted by Gasteiger charge is 2.10. The maximum Gasteiger partial charge on any atom is -0.0263 e. The molecule has 0 saturated heterocycles. The molecular formula is C11H22. The highest BCUT2D eigenvalue weighted by atomic mass is 14.2. The zero-order chi connectivity index (χ0) is 9.02. The van der Waals surface area contributed by atoms with Gasteiger partial charge in [0, 0.05) is 0 Å². The van der Waals surface area contributed by atoms with Crippen molar-refractivity contribution < 1.29 is 0 Å². The number of allylic oxidation sites excluding steroid dienone is 1. The Morgan fingerprint density at radius 2 is 1.55 bits per heavy atom. The Hall–Kier alpha value is -0.260. The van der Waals surface area contributed by atoms with Crippen LogP contribution in [0.15, 0.2) is 12.2 Å². The van der Waals surface area contributed by atoms with E-state index in [1.807, 2.05) is 0 Å². The number of hydrogen-bond donors (Lipinski definition) is 0. The summed E-state index contributed by atoms with van der Waals surface area (Å²) in [5, 5.41) is 0. The van der Waals surface area contributed by atoms with Crippen molar-refractivity contribution in [1.29, 1.82) is 0 Å². The Bertz CT molecular complexity index is 120. The first-order chi connectivity index (χ1) is 4.95. The molecule has 0 N–H and O–H groups in total. The molecule has 0 rings (SSSR count). The Morgan fingerprint density at radius 1 is 1.09 bits per heavy atom. The molecule has 0 spiro atoms. The van der Waals surface area contributed by atoms with Crippen molar-refractivity contribution in [3.8, 4) is 0 Å². The molecule has 0 bridgehead atoms. The second kappa shape index (κ2) is 4.58. The van der Waals surface area contributed by atoms with E-state index in [1.54, 1.807) is 0 Å². The molecule has 0 aliphatic heterocycles. The first-order valence-corrected chi connectivity index (χ1v) is 4.62. The van der Waals surface area contributed by atoms with Crippen LogP contribution in [-0.4, -0.2) is 0 Å². The average Bonchev–Trinajstić information content (AvgIpc) is 1.87. The van der Waals surface area contributed by atoms with Crippen LogP contribution >= 0.6 is 0 Å². The second-order valence-electron chi connectivity index (χ2n) is 4.24. The normalized spacial score (nSPS) is 14.1. The summed E-state index contributed by atoms with van der Waals surface area (Å²) >= 11 is 0. The van der Waals surface area contributed by atoms with Crippen LogP contribution in [0.2, 0.25) is 0 Å². The molecule has 0 radical (unpaired) electrons. The summed E-state index contributed by atoms with van der Waals surface area (Å²) < 4.78 is 0. The Kier molecular flexibility index (Phi) is 4.48. The van der Waals surface area contributed by atoms with Crippen LogP contribution in [0.4, 0.5) is 0 Å². The minimum Gasteiger partial charge on any atom is -0.0996 e. The molecule has 1 unspecified atom stereocenters. The van der Waals surface area contributed by atoms with Gasteiger partial charge in [0.25, 0.3) is 0 Å². The molecular weight excluding hydrogens is 132 g/mol. The van der Waals surface area contributed by atoms with Crippen LogP contribution in [0.25, 0.3) is 0 Å². The third-order valence-corrected chi connectivity index (χ3v) is 2.54. The summed E-state index contributed by atoms with van der Waals surface area (Å²) in [5.74, 6) is 2.21. The van der Waals surface area contributed by atoms with Gasteiger partial charge in [-0.05, 0) is 24.2 Å². The van der Waals surface area contributed by atoms with E-state index in [-0.39, 0.29) is 0 Å². The van der Waals surface area contributed by atoms with E-state index >= 15 is 0 Å². The van der Waals surface area contributed by atoms with Gasteiger partial charge in [-0.25, -0.2) is 0 Å². The lowest BCUT2D eigenvalue weighted by atomic mass is 9.88. The monoisotopic (exact) mass is 154 g/mol. The van der Waals surface area contributed by atoms with E-state index in [9.17, 15) is 0 Å². The lowest BCUT2D eigenvalue weighted by Gasteiger charge is -2.18. The van der Waals surface area contributed by atoms with E-state index in [0.29, 0.717) is 5.92 Å². The van der Waals surface area contributed by atoms with E-state index in [2.05, 4.69) is 41.2 Å². The molecule has 0 aromatic heterocycles. The Morgan fingerprint density at radius 3 is 1.82 bits per heavy atom. The smallest absolute Gasteiger partial charge is 0.0263 e. The fraction of sp³-hybridized carbons (Fsp3) is 0.818. The van der Waals surface area contributed by atoms with E-state index < -0.39 is 0 Å². The van der Waals surface area contributed by atoms with Crippen molar-refractivity contribution in [3.05, 3.63) is 12.2 Å². The molecule has 0 aliphatic carbocycles. The molecule has 0 amide bonds. The van der Waals surface area contributed by atoms with Gasteiger partial charge in [-0.2, -0.15) is 0 Å². The molecule has 1 atom stereocenters. The fourth-order valence-corrected chi connectivity index (χ4v) is 0.885. The predicted octanol–water partition coefficient (Wildman–Crippen LogP) is 3.88. The largest absolute Gasteiger partial charge is 0.0996 e. The van der Waals surface area contributed by atoms with Crippen molar-refractivity contribution in [3.63, 3.8) is 0 Å². The first kappa shape index (κ1) is 10.7. The van der Waals surface area contributed by atoms with Gasteiger partial charge in [0.05, 0.1) is 0 Å². The summed E-state index contributed by atoms with van der Waals surface area (Å²) in [4.78, 5) is 0. The molecule has 66 valence electrons. The molecule has 0 heteroatoms. The van der Waals surface area contributed by atoms with Gasteiger partial charge in [-0.15, -0.1) is 0 Å². The van der Waals surface area contributed by atoms with Crippen LogP contribution in [0.1, 0.15) is 41.0 Å². The summed E-state index contributed by atoms with van der Waals surface area (Å²) in [5.41, 5.74) is 1.39. The minimum atomic E-state index is 0.649. The molecule has 0 aromatic carbocycles. The molecule has 0 nitrogen and oxygen atoms in total. The molecule has 0 fully saturated rings. The van der Waals surface area contributed by atoms with Crippen molar-refractivity contribution in [2.45, 2.75) is 41.0 Å². The number of hydrogen-bond acceptors (Lipinski definition) is 0. The lowest BCUT2D eigenvalue weighted by molar-refractivity contribution is 0.405. The minimum absolute atomic E-state index is 0.649. The standard InChI is InChI=1S/C11H22/c1-8(2)10(5)7-11(6)9(3)4/h8-9,11H,5,7H2,1-4,6H3. The van der Waals surface area contributed by atoms with Gasteiger partial charge in [0.15, 0.2) is 0 Å². The maximum absolute atomic E-state index is 4.08. The molecule has 0 saturated carbocycles. The number of rotatable bonds is 4. The van der Waals surface area contributed by atoms with Crippen LogP contribution in [0.5, 0.6) is 0 Å². The summed E-state index contributed by atoms with van der Waals surface area (Å²) in [6.07, 6.45) is 1.19. The lowest BCUT2D eigenvalue weighted by Crippen LogP contribution is -2.06. The highest BCUT2D eigenvalue weighted by molar-refractivity contribution is 4.98. The van der Waals surface area contributed by atoms with Gasteiger partial charge in [0.2, 0.25) is 0 Å². The van der Waals surface area contributed by atoms with Crippen LogP contribution in [0.3, 0.4) is 0 Å². The topological polar surface area (TPSA) is 0 Å². The van der Waals surface area contributed by atoms with Gasteiger partial charge in [0.1, 0.15) is 0 Å². The molecule has 0 heterocycles. The summed E-state index contributed by atoms with van der Waals surface area (Å²) in [6.45, 7) is 15.4. The van der Waals surface area contributed by atoms with Crippen molar-refractivity contribution in [1.82, 2.24) is 0 Å². The molecule has 0 aliphatic rings. The first-order valence-electron chi connectivity index (χ1n) is 4.62. The third-order valence-electron chi connectivity index (χ3n) is 2.54. The maximum atomic E-state index is 4.08. The zero-order valence-corrected chi connectivity index (χ0v) is 8.65. The van der Waals surface area contributed by atoms with Crippen molar-refractivity contribution >= 4 is 0 Å². The quantitative estimate of drug-likeness (QED) is 0.539. The third kappa shape index (κ3) is 4.23. The van der Waals surface area contributed by atoms with Gasteiger partial charge >= 0.3 is 0 Å². The molecule has 11 heavy (non-hydrogen) atoms. The Balaban J connectivity index is 3.76. The SMILES string of the molecule is C=C(CC(C)C(C)C)C(C)C. The Labute approximate surface area is 71.7 Å². The van der Waals surface area contributed by atoms with Crippen LogP contribution in [0, 0.1) is 17.8 Å². The van der Waals surface area contributed by atoms with E-state index in [0.717, 1.165) is 11.8 Å². The fourth-order valence-electron chi connectivity index (χ4n) is 0.885. The van der Waals surface area contributed by atoms with Crippen LogP contribution < -0.4 is 0 Å². The van der Waals surface area contributed by atoms with Crippen LogP contribution in [-0.2, 0) is 0 Å². The van der Waals surface area contributed by atoms with Gasteiger partial charge in [-0.1, -0.05) is 46.8 Å². The summed E-state index contributed by atoms with van der Waals surface area (Å²) in [6, 6.07) is 0. The van der Waals surface area contributed by atoms with Gasteiger partial charge < -0.3 is 0 Å². The molecule has 0 aromatic rings. The van der Waals surface area contributed by atoms with Crippen molar-refractivity contribution in [2.75, 3.05) is 0 Å². The average molecular weight is 154 g/mol. The van der Waals surface area contributed by atoms with E-state index in [1.165, 1.54) is 12.0 Å². The van der Waals surface area contributed by atoms with Crippen molar-refractivity contribution in [2.24, 2.45) is 17.8 Å². The second-order valence-corrected chi connectivity index (χ2v) is 4.24. The van der Waals surface area contributed by atoms with Gasteiger partial charge in [-0.3, -0.25) is 0 Å².